The third-order valence-corrected chi connectivity index (χ3v) is 8.83. The SMILES string of the molecule is CCCCC(CC)COC(=O)c1ccc(C=C2SC(=S)N(Cc3cc(C)cc(-n4nc5ccccc5n4)c3O)C2=O)cc1. The van der Waals surface area contributed by atoms with Gasteiger partial charge in [-0.3, -0.25) is 9.69 Å². The standard InChI is InChI=1S/C33H34N4O4S2/c1-4-6-9-22(5-2)20-41-32(40)24-14-12-23(13-15-24)18-29-31(39)36(33(42)43-29)19-25-16-21(3)17-28(30(25)38)37-34-26-10-7-8-11-27(26)35-37/h7-8,10-18,22,38H,4-6,9,19-20H2,1-3H3. The summed E-state index contributed by atoms with van der Waals surface area (Å²) in [5.41, 5.74) is 4.52. The van der Waals surface area contributed by atoms with Crippen molar-refractivity contribution >= 4 is 57.3 Å². The molecule has 1 amide bonds. The number of rotatable bonds is 11. The Morgan fingerprint density at radius 1 is 1.09 bits per heavy atom. The number of phenolic OH excluding ortho intramolecular Hbond substituents is 1. The lowest BCUT2D eigenvalue weighted by atomic mass is 10.0. The van der Waals surface area contributed by atoms with Crippen molar-refractivity contribution in [3.8, 4) is 11.4 Å². The Hall–Kier alpha value is -4.02. The molecule has 1 fully saturated rings. The zero-order valence-corrected chi connectivity index (χ0v) is 26.1. The highest BCUT2D eigenvalue weighted by Crippen LogP contribution is 2.36. The summed E-state index contributed by atoms with van der Waals surface area (Å²) >= 11 is 6.76. The number of hydrogen-bond acceptors (Lipinski definition) is 8. The van der Waals surface area contributed by atoms with Crippen molar-refractivity contribution in [2.24, 2.45) is 5.92 Å². The summed E-state index contributed by atoms with van der Waals surface area (Å²) in [6.07, 6.45) is 6.05. The summed E-state index contributed by atoms with van der Waals surface area (Å²) in [5.74, 6) is -0.229. The first kappa shape index (κ1) is 30.4. The van der Waals surface area contributed by atoms with Gasteiger partial charge in [0.05, 0.1) is 23.6 Å². The van der Waals surface area contributed by atoms with Crippen molar-refractivity contribution < 1.29 is 19.4 Å². The van der Waals surface area contributed by atoms with Crippen LogP contribution < -0.4 is 0 Å². The van der Waals surface area contributed by atoms with E-state index in [0.29, 0.717) is 49.6 Å². The molecule has 0 radical (unpaired) electrons. The van der Waals surface area contributed by atoms with Crippen molar-refractivity contribution in [3.05, 3.63) is 87.8 Å². The van der Waals surface area contributed by atoms with E-state index in [2.05, 4.69) is 24.0 Å². The van der Waals surface area contributed by atoms with E-state index >= 15 is 0 Å². The van der Waals surface area contributed by atoms with Gasteiger partial charge in [-0.15, -0.1) is 15.0 Å². The highest BCUT2D eigenvalue weighted by Gasteiger charge is 2.33. The van der Waals surface area contributed by atoms with Crippen LogP contribution in [0.5, 0.6) is 5.75 Å². The number of thioether (sulfide) groups is 1. The van der Waals surface area contributed by atoms with Crippen molar-refractivity contribution in [1.29, 1.82) is 0 Å². The molecule has 3 aromatic carbocycles. The minimum Gasteiger partial charge on any atom is -0.505 e. The van der Waals surface area contributed by atoms with Crippen molar-refractivity contribution in [3.63, 3.8) is 0 Å². The van der Waals surface area contributed by atoms with Crippen LogP contribution in [0, 0.1) is 12.8 Å². The van der Waals surface area contributed by atoms with Crippen molar-refractivity contribution in [2.75, 3.05) is 6.61 Å². The zero-order valence-electron chi connectivity index (χ0n) is 24.4. The molecule has 5 rings (SSSR count). The maximum atomic E-state index is 13.4. The second-order valence-electron chi connectivity index (χ2n) is 10.7. The number of ether oxygens (including phenoxy) is 1. The summed E-state index contributed by atoms with van der Waals surface area (Å²) < 4.78 is 5.96. The van der Waals surface area contributed by atoms with Gasteiger partial charge in [0, 0.05) is 5.56 Å². The average molecular weight is 615 g/mol. The summed E-state index contributed by atoms with van der Waals surface area (Å²) in [6.45, 7) is 6.71. The maximum Gasteiger partial charge on any atom is 0.338 e. The zero-order chi connectivity index (χ0) is 30.5. The summed E-state index contributed by atoms with van der Waals surface area (Å²) in [6, 6.07) is 18.1. The average Bonchev–Trinajstić information content (AvgIpc) is 3.55. The quantitative estimate of drug-likeness (QED) is 0.108. The van der Waals surface area contributed by atoms with Crippen LogP contribution in [0.15, 0.2) is 65.6 Å². The molecule has 0 aliphatic carbocycles. The number of esters is 1. The van der Waals surface area contributed by atoms with E-state index in [1.54, 1.807) is 36.4 Å². The topological polar surface area (TPSA) is 97.6 Å². The summed E-state index contributed by atoms with van der Waals surface area (Å²) in [5, 5.41) is 20.2. The molecule has 1 saturated heterocycles. The third kappa shape index (κ3) is 6.97. The number of amides is 1. The molecule has 4 aromatic rings. The number of fused-ring (bicyclic) bond motifs is 1. The molecule has 222 valence electrons. The van der Waals surface area contributed by atoms with Gasteiger partial charge in [0.1, 0.15) is 26.8 Å². The van der Waals surface area contributed by atoms with Gasteiger partial charge < -0.3 is 9.84 Å². The molecule has 0 saturated carbocycles. The molecular formula is C33H34N4O4S2. The molecule has 1 unspecified atom stereocenters. The third-order valence-electron chi connectivity index (χ3n) is 7.45. The van der Waals surface area contributed by atoms with Crippen LogP contribution in [0.25, 0.3) is 22.8 Å². The van der Waals surface area contributed by atoms with E-state index in [-0.39, 0.29) is 24.2 Å². The van der Waals surface area contributed by atoms with Crippen LogP contribution in [-0.4, -0.2) is 47.8 Å². The van der Waals surface area contributed by atoms with Crippen LogP contribution >= 0.6 is 24.0 Å². The molecule has 2 heterocycles. The van der Waals surface area contributed by atoms with Crippen LogP contribution in [0.1, 0.15) is 66.6 Å². The molecule has 10 heteroatoms. The summed E-state index contributed by atoms with van der Waals surface area (Å²) in [4.78, 5) is 29.3. The fourth-order valence-corrected chi connectivity index (χ4v) is 6.18. The Balaban J connectivity index is 1.28. The lowest BCUT2D eigenvalue weighted by Crippen LogP contribution is -2.27. The second kappa shape index (κ2) is 13.5. The number of thiocarbonyl (C=S) groups is 1. The van der Waals surface area contributed by atoms with Crippen LogP contribution in [0.2, 0.25) is 0 Å². The number of hydrogen-bond donors (Lipinski definition) is 1. The lowest BCUT2D eigenvalue weighted by Gasteiger charge is -2.17. The Bertz CT molecular complexity index is 1660. The van der Waals surface area contributed by atoms with Gasteiger partial charge in [0.15, 0.2) is 0 Å². The predicted molar refractivity (Wildman–Crippen MR) is 174 cm³/mol. The van der Waals surface area contributed by atoms with Gasteiger partial charge in [0.25, 0.3) is 5.91 Å². The van der Waals surface area contributed by atoms with Gasteiger partial charge in [-0.05, 0) is 66.8 Å². The molecule has 8 nitrogen and oxygen atoms in total. The number of aromatic hydroxyl groups is 1. The molecular weight excluding hydrogens is 581 g/mol. The highest BCUT2D eigenvalue weighted by molar-refractivity contribution is 8.26. The number of carbonyl (C=O) groups excluding carboxylic acids is 2. The minimum atomic E-state index is -0.344. The van der Waals surface area contributed by atoms with Gasteiger partial charge in [-0.2, -0.15) is 0 Å². The Labute approximate surface area is 260 Å². The molecule has 1 aliphatic heterocycles. The summed E-state index contributed by atoms with van der Waals surface area (Å²) in [7, 11) is 0. The van der Waals surface area contributed by atoms with Gasteiger partial charge in [-0.25, -0.2) is 4.79 Å². The first-order valence-corrected chi connectivity index (χ1v) is 15.7. The first-order valence-electron chi connectivity index (χ1n) is 14.4. The van der Waals surface area contributed by atoms with E-state index in [1.165, 1.54) is 21.5 Å². The number of aromatic nitrogens is 3. The van der Waals surface area contributed by atoms with E-state index in [4.69, 9.17) is 17.0 Å². The molecule has 43 heavy (non-hydrogen) atoms. The van der Waals surface area contributed by atoms with E-state index in [1.807, 2.05) is 37.3 Å². The maximum absolute atomic E-state index is 13.4. The molecule has 1 aliphatic rings. The smallest absolute Gasteiger partial charge is 0.338 e. The molecule has 0 bridgehead atoms. The van der Waals surface area contributed by atoms with Gasteiger partial charge >= 0.3 is 5.97 Å². The van der Waals surface area contributed by atoms with E-state index in [9.17, 15) is 14.7 Å². The Morgan fingerprint density at radius 3 is 2.44 bits per heavy atom. The lowest BCUT2D eigenvalue weighted by molar-refractivity contribution is -0.122. The van der Waals surface area contributed by atoms with Crippen molar-refractivity contribution in [1.82, 2.24) is 19.9 Å². The Morgan fingerprint density at radius 2 is 1.79 bits per heavy atom. The van der Waals surface area contributed by atoms with E-state index in [0.717, 1.165) is 36.8 Å². The highest BCUT2D eigenvalue weighted by atomic mass is 32.2. The van der Waals surface area contributed by atoms with Crippen LogP contribution in [0.4, 0.5) is 0 Å². The van der Waals surface area contributed by atoms with Gasteiger partial charge in [-0.1, -0.05) is 87.4 Å². The largest absolute Gasteiger partial charge is 0.505 e. The predicted octanol–water partition coefficient (Wildman–Crippen LogP) is 7.21. The van der Waals surface area contributed by atoms with E-state index < -0.39 is 0 Å². The van der Waals surface area contributed by atoms with Crippen LogP contribution in [0.3, 0.4) is 0 Å². The number of nitrogens with zero attached hydrogens (tertiary/aromatic N) is 4. The normalized spacial score (nSPS) is 15.0. The fraction of sp³-hybridized carbons (Fsp3) is 0.303. The molecule has 0 spiro atoms. The van der Waals surface area contributed by atoms with Gasteiger partial charge in [0.2, 0.25) is 0 Å². The van der Waals surface area contributed by atoms with Crippen molar-refractivity contribution in [2.45, 2.75) is 53.0 Å². The second-order valence-corrected chi connectivity index (χ2v) is 12.4. The number of aryl methyl sites for hydroxylation is 1. The molecule has 1 atom stereocenters. The fourth-order valence-electron chi connectivity index (χ4n) is 4.92. The van der Waals surface area contributed by atoms with Crippen LogP contribution in [-0.2, 0) is 16.1 Å². The minimum absolute atomic E-state index is 0.0120. The number of benzene rings is 3. The molecule has 1 aromatic heterocycles. The first-order chi connectivity index (χ1) is 20.8. The number of carbonyl (C=O) groups is 2. The Kier molecular flexibility index (Phi) is 9.57. The number of unbranched alkanes of at least 4 members (excludes halogenated alkanes) is 1. The monoisotopic (exact) mass is 614 g/mol. The molecule has 1 N–H and O–H groups in total. The number of phenols is 1.